The molecular formula is C22H30ClN5O. The standard InChI is InChI=1S/C22H30ClN5O/c1-24-22(26-11-9-18-6-7-19(29-2)15-20(18)23)27-16-17-8-10-25-21(14-17)28-12-4-3-5-13-28/h6-8,10,14-15H,3-5,9,11-13,16H2,1-2H3,(H2,24,26,27). The van der Waals surface area contributed by atoms with Crippen LogP contribution in [0, 0.1) is 0 Å². The van der Waals surface area contributed by atoms with Crippen LogP contribution in [0.25, 0.3) is 0 Å². The first-order valence-corrected chi connectivity index (χ1v) is 10.5. The quantitative estimate of drug-likeness (QED) is 0.534. The molecule has 0 spiro atoms. The zero-order chi connectivity index (χ0) is 20.5. The number of hydrogen-bond donors (Lipinski definition) is 2. The van der Waals surface area contributed by atoms with Crippen LogP contribution in [0.1, 0.15) is 30.4 Å². The third kappa shape index (κ3) is 6.26. The zero-order valence-electron chi connectivity index (χ0n) is 17.2. The number of pyridine rings is 1. The van der Waals surface area contributed by atoms with Gasteiger partial charge in [0.05, 0.1) is 7.11 Å². The number of anilines is 1. The van der Waals surface area contributed by atoms with Crippen LogP contribution in [0.3, 0.4) is 0 Å². The molecule has 6 nitrogen and oxygen atoms in total. The summed E-state index contributed by atoms with van der Waals surface area (Å²) in [6, 6.07) is 9.98. The second-order valence-corrected chi connectivity index (χ2v) is 7.54. The number of guanidine groups is 1. The average molecular weight is 416 g/mol. The summed E-state index contributed by atoms with van der Waals surface area (Å²) >= 11 is 6.31. The summed E-state index contributed by atoms with van der Waals surface area (Å²) in [6.07, 6.45) is 6.51. The van der Waals surface area contributed by atoms with Crippen LogP contribution in [-0.4, -0.2) is 44.7 Å². The molecule has 156 valence electrons. The summed E-state index contributed by atoms with van der Waals surface area (Å²) in [4.78, 5) is 11.2. The molecular weight excluding hydrogens is 386 g/mol. The van der Waals surface area contributed by atoms with Crippen molar-refractivity contribution in [1.29, 1.82) is 0 Å². The first kappa shape index (κ1) is 21.2. The Balaban J connectivity index is 1.48. The van der Waals surface area contributed by atoms with E-state index >= 15 is 0 Å². The van der Waals surface area contributed by atoms with Crippen LogP contribution in [-0.2, 0) is 13.0 Å². The third-order valence-corrected chi connectivity index (χ3v) is 5.47. The van der Waals surface area contributed by atoms with Crippen LogP contribution in [0.4, 0.5) is 5.82 Å². The number of aliphatic imine (C=N–C) groups is 1. The normalized spacial score (nSPS) is 14.6. The van der Waals surface area contributed by atoms with Crippen molar-refractivity contribution < 1.29 is 4.74 Å². The average Bonchev–Trinajstić information content (AvgIpc) is 2.77. The molecule has 0 bridgehead atoms. The van der Waals surface area contributed by atoms with Crippen molar-refractivity contribution in [3.05, 3.63) is 52.7 Å². The van der Waals surface area contributed by atoms with E-state index in [1.54, 1.807) is 14.2 Å². The molecule has 0 saturated carbocycles. The molecule has 1 aliphatic rings. The minimum Gasteiger partial charge on any atom is -0.497 e. The monoisotopic (exact) mass is 415 g/mol. The summed E-state index contributed by atoms with van der Waals surface area (Å²) in [7, 11) is 3.42. The number of ether oxygens (including phenoxy) is 1. The number of nitrogens with zero attached hydrogens (tertiary/aromatic N) is 3. The first-order chi connectivity index (χ1) is 14.2. The Morgan fingerprint density at radius 2 is 2.00 bits per heavy atom. The van der Waals surface area contributed by atoms with Gasteiger partial charge in [0.2, 0.25) is 0 Å². The Hall–Kier alpha value is -2.47. The molecule has 1 aromatic carbocycles. The number of benzene rings is 1. The van der Waals surface area contributed by atoms with Gasteiger partial charge in [-0.15, -0.1) is 0 Å². The highest BCUT2D eigenvalue weighted by molar-refractivity contribution is 6.31. The van der Waals surface area contributed by atoms with E-state index in [0.717, 1.165) is 54.2 Å². The highest BCUT2D eigenvalue weighted by Gasteiger charge is 2.12. The molecule has 7 heteroatoms. The Morgan fingerprint density at radius 3 is 2.72 bits per heavy atom. The fourth-order valence-electron chi connectivity index (χ4n) is 3.45. The molecule has 2 heterocycles. The largest absolute Gasteiger partial charge is 0.497 e. The molecule has 3 rings (SSSR count). The Morgan fingerprint density at radius 1 is 1.17 bits per heavy atom. The minimum absolute atomic E-state index is 0.701. The van der Waals surface area contributed by atoms with E-state index in [4.69, 9.17) is 16.3 Å². The maximum atomic E-state index is 6.31. The van der Waals surface area contributed by atoms with Gasteiger partial charge in [-0.1, -0.05) is 17.7 Å². The van der Waals surface area contributed by atoms with Crippen molar-refractivity contribution in [3.63, 3.8) is 0 Å². The molecule has 0 aliphatic carbocycles. The third-order valence-electron chi connectivity index (χ3n) is 5.12. The van der Waals surface area contributed by atoms with Crippen molar-refractivity contribution in [2.45, 2.75) is 32.2 Å². The fourth-order valence-corrected chi connectivity index (χ4v) is 3.71. The number of halogens is 1. The van der Waals surface area contributed by atoms with Crippen molar-refractivity contribution in [1.82, 2.24) is 15.6 Å². The topological polar surface area (TPSA) is 61.8 Å². The molecule has 2 N–H and O–H groups in total. The van der Waals surface area contributed by atoms with Crippen LogP contribution < -0.4 is 20.3 Å². The molecule has 1 saturated heterocycles. The van der Waals surface area contributed by atoms with Crippen molar-refractivity contribution in [3.8, 4) is 5.75 Å². The van der Waals surface area contributed by atoms with Gasteiger partial charge < -0.3 is 20.3 Å². The molecule has 0 amide bonds. The van der Waals surface area contributed by atoms with Gasteiger partial charge >= 0.3 is 0 Å². The Bertz CT molecular complexity index is 821. The highest BCUT2D eigenvalue weighted by Crippen LogP contribution is 2.22. The lowest BCUT2D eigenvalue weighted by molar-refractivity contribution is 0.414. The summed E-state index contributed by atoms with van der Waals surface area (Å²) in [6.45, 7) is 3.63. The lowest BCUT2D eigenvalue weighted by Crippen LogP contribution is -2.38. The second-order valence-electron chi connectivity index (χ2n) is 7.13. The summed E-state index contributed by atoms with van der Waals surface area (Å²) < 4.78 is 5.19. The Labute approximate surface area is 178 Å². The van der Waals surface area contributed by atoms with E-state index < -0.39 is 0 Å². The SMILES string of the molecule is CN=C(NCCc1ccc(OC)cc1Cl)NCc1ccnc(N2CCCCC2)c1. The predicted molar refractivity (Wildman–Crippen MR) is 120 cm³/mol. The Kier molecular flexibility index (Phi) is 7.99. The van der Waals surface area contributed by atoms with Crippen molar-refractivity contribution in [2.24, 2.45) is 4.99 Å². The summed E-state index contributed by atoms with van der Waals surface area (Å²) in [5.41, 5.74) is 2.28. The van der Waals surface area contributed by atoms with Crippen LogP contribution >= 0.6 is 11.6 Å². The summed E-state index contributed by atoms with van der Waals surface area (Å²) in [5.74, 6) is 2.61. The fraction of sp³-hybridized carbons (Fsp3) is 0.455. The highest BCUT2D eigenvalue weighted by atomic mass is 35.5. The van der Waals surface area contributed by atoms with Gasteiger partial charge in [-0.05, 0) is 61.1 Å². The van der Waals surface area contributed by atoms with E-state index in [1.807, 2.05) is 30.5 Å². The van der Waals surface area contributed by atoms with Gasteiger partial charge in [0, 0.05) is 44.4 Å². The van der Waals surface area contributed by atoms with Gasteiger partial charge in [-0.3, -0.25) is 4.99 Å². The van der Waals surface area contributed by atoms with Gasteiger partial charge in [-0.2, -0.15) is 0 Å². The van der Waals surface area contributed by atoms with Gasteiger partial charge in [0.1, 0.15) is 11.6 Å². The van der Waals surface area contributed by atoms with E-state index in [1.165, 1.54) is 24.8 Å². The second kappa shape index (κ2) is 10.9. The number of piperidine rings is 1. The molecule has 2 aromatic rings. The molecule has 0 radical (unpaired) electrons. The molecule has 0 atom stereocenters. The maximum Gasteiger partial charge on any atom is 0.191 e. The lowest BCUT2D eigenvalue weighted by atomic mass is 10.1. The van der Waals surface area contributed by atoms with Gasteiger partial charge in [0.25, 0.3) is 0 Å². The molecule has 1 aliphatic heterocycles. The number of nitrogens with one attached hydrogen (secondary N) is 2. The van der Waals surface area contributed by atoms with E-state index in [-0.39, 0.29) is 0 Å². The van der Waals surface area contributed by atoms with Crippen molar-refractivity contribution in [2.75, 3.05) is 38.7 Å². The smallest absolute Gasteiger partial charge is 0.191 e. The number of methoxy groups -OCH3 is 1. The van der Waals surface area contributed by atoms with Crippen molar-refractivity contribution >= 4 is 23.4 Å². The predicted octanol–water partition coefficient (Wildman–Crippen LogP) is 3.64. The minimum atomic E-state index is 0.701. The molecule has 1 aromatic heterocycles. The molecule has 1 fully saturated rings. The van der Waals surface area contributed by atoms with Gasteiger partial charge in [0.15, 0.2) is 5.96 Å². The number of hydrogen-bond acceptors (Lipinski definition) is 4. The van der Waals surface area contributed by atoms with Crippen LogP contribution in [0.5, 0.6) is 5.75 Å². The first-order valence-electron chi connectivity index (χ1n) is 10.2. The van der Waals surface area contributed by atoms with E-state index in [0.29, 0.717) is 6.54 Å². The van der Waals surface area contributed by atoms with E-state index in [2.05, 4.69) is 31.6 Å². The van der Waals surface area contributed by atoms with E-state index in [9.17, 15) is 0 Å². The van der Waals surface area contributed by atoms with Gasteiger partial charge in [-0.25, -0.2) is 4.98 Å². The molecule has 29 heavy (non-hydrogen) atoms. The number of aromatic nitrogens is 1. The van der Waals surface area contributed by atoms with Crippen LogP contribution in [0.2, 0.25) is 5.02 Å². The lowest BCUT2D eigenvalue weighted by Gasteiger charge is -2.28. The zero-order valence-corrected chi connectivity index (χ0v) is 18.0. The molecule has 0 unspecified atom stereocenters. The maximum absolute atomic E-state index is 6.31. The van der Waals surface area contributed by atoms with Crippen LogP contribution in [0.15, 0.2) is 41.5 Å². The summed E-state index contributed by atoms with van der Waals surface area (Å²) in [5, 5.41) is 7.44. The number of rotatable bonds is 7.